The van der Waals surface area contributed by atoms with E-state index in [1.807, 2.05) is 0 Å². The number of Topliss-reactive ketones (excluding diaryl/α,β-unsaturated/α-hetero) is 2. The zero-order chi connectivity index (χ0) is 18.5. The van der Waals surface area contributed by atoms with E-state index in [-0.39, 0.29) is 16.7 Å². The number of rotatable bonds is 3. The number of oxime groups is 1. The van der Waals surface area contributed by atoms with Gasteiger partial charge in [0.05, 0.1) is 5.71 Å². The van der Waals surface area contributed by atoms with E-state index in [9.17, 15) is 9.59 Å². The monoisotopic (exact) mass is 360 g/mol. The topological polar surface area (TPSA) is 81.8 Å². The molecule has 5 heteroatoms. The van der Waals surface area contributed by atoms with Crippen molar-refractivity contribution in [2.75, 3.05) is 13.2 Å². The number of nitrogens with two attached hydrogens (primary N) is 1. The van der Waals surface area contributed by atoms with Gasteiger partial charge in [-0.15, -0.1) is 0 Å². The van der Waals surface area contributed by atoms with Gasteiger partial charge in [0.1, 0.15) is 18.2 Å². The fraction of sp³-hybridized carbons (Fsp3) is 0.857. The third-order valence-corrected chi connectivity index (χ3v) is 8.41. The van der Waals surface area contributed by atoms with Crippen LogP contribution in [0.4, 0.5) is 0 Å². The van der Waals surface area contributed by atoms with E-state index < -0.39 is 0 Å². The molecular weight excluding hydrogens is 328 g/mol. The largest absolute Gasteiger partial charge is 0.395 e. The molecule has 4 fully saturated rings. The Bertz CT molecular complexity index is 645. The summed E-state index contributed by atoms with van der Waals surface area (Å²) in [6.45, 7) is 5.39. The molecule has 0 heterocycles. The first-order valence-corrected chi connectivity index (χ1v) is 10.3. The van der Waals surface area contributed by atoms with Gasteiger partial charge in [0.2, 0.25) is 0 Å². The first kappa shape index (κ1) is 18.1. The van der Waals surface area contributed by atoms with Crippen LogP contribution in [0.5, 0.6) is 0 Å². The van der Waals surface area contributed by atoms with Gasteiger partial charge in [-0.25, -0.2) is 0 Å². The number of hydrogen-bond donors (Lipinski definition) is 1. The maximum absolute atomic E-state index is 13.1. The summed E-state index contributed by atoms with van der Waals surface area (Å²) >= 11 is 0. The SMILES string of the molecule is CC12CCC3C(CC(=O)C4CC(=NOCCN)CCC43C)C1CCC2=O. The predicted octanol–water partition coefficient (Wildman–Crippen LogP) is 3.11. The summed E-state index contributed by atoms with van der Waals surface area (Å²) in [7, 11) is 0. The summed E-state index contributed by atoms with van der Waals surface area (Å²) in [5, 5.41) is 4.25. The summed E-state index contributed by atoms with van der Waals surface area (Å²) in [4.78, 5) is 30.9. The molecule has 0 radical (unpaired) electrons. The number of hydrogen-bond acceptors (Lipinski definition) is 5. The Labute approximate surface area is 156 Å². The van der Waals surface area contributed by atoms with E-state index in [1.165, 1.54) is 0 Å². The lowest BCUT2D eigenvalue weighted by Crippen LogP contribution is -2.56. The van der Waals surface area contributed by atoms with Crippen molar-refractivity contribution in [1.82, 2.24) is 0 Å². The van der Waals surface area contributed by atoms with Crippen molar-refractivity contribution >= 4 is 17.3 Å². The second kappa shape index (κ2) is 6.43. The van der Waals surface area contributed by atoms with Gasteiger partial charge in [0.15, 0.2) is 0 Å². The van der Waals surface area contributed by atoms with Crippen molar-refractivity contribution < 1.29 is 14.4 Å². The van der Waals surface area contributed by atoms with Crippen LogP contribution in [0.15, 0.2) is 5.16 Å². The average molecular weight is 360 g/mol. The van der Waals surface area contributed by atoms with Gasteiger partial charge in [-0.1, -0.05) is 19.0 Å². The fourth-order valence-electron chi connectivity index (χ4n) is 6.89. The molecule has 6 unspecified atom stereocenters. The van der Waals surface area contributed by atoms with Gasteiger partial charge in [0, 0.05) is 30.7 Å². The second-order valence-corrected chi connectivity index (χ2v) is 9.51. The van der Waals surface area contributed by atoms with Gasteiger partial charge in [-0.3, -0.25) is 9.59 Å². The molecule has 0 aromatic carbocycles. The van der Waals surface area contributed by atoms with Gasteiger partial charge in [-0.2, -0.15) is 0 Å². The van der Waals surface area contributed by atoms with E-state index >= 15 is 0 Å². The Morgan fingerprint density at radius 2 is 1.92 bits per heavy atom. The minimum Gasteiger partial charge on any atom is -0.395 e. The zero-order valence-corrected chi connectivity index (χ0v) is 16.1. The molecule has 0 aromatic rings. The molecule has 0 amide bonds. The molecule has 4 aliphatic carbocycles. The third kappa shape index (κ3) is 2.57. The van der Waals surface area contributed by atoms with Crippen molar-refractivity contribution in [3.63, 3.8) is 0 Å². The van der Waals surface area contributed by atoms with Crippen molar-refractivity contribution in [2.24, 2.45) is 45.4 Å². The van der Waals surface area contributed by atoms with Gasteiger partial charge >= 0.3 is 0 Å². The van der Waals surface area contributed by atoms with Crippen LogP contribution < -0.4 is 5.73 Å². The highest BCUT2D eigenvalue weighted by Crippen LogP contribution is 2.64. The molecule has 26 heavy (non-hydrogen) atoms. The predicted molar refractivity (Wildman–Crippen MR) is 99.6 cm³/mol. The highest BCUT2D eigenvalue weighted by molar-refractivity contribution is 5.93. The van der Waals surface area contributed by atoms with E-state index in [0.717, 1.165) is 44.2 Å². The maximum atomic E-state index is 13.1. The molecule has 5 nitrogen and oxygen atoms in total. The van der Waals surface area contributed by atoms with Crippen LogP contribution in [0.2, 0.25) is 0 Å². The van der Waals surface area contributed by atoms with Crippen LogP contribution in [0.25, 0.3) is 0 Å². The van der Waals surface area contributed by atoms with Crippen LogP contribution in [0.3, 0.4) is 0 Å². The normalized spacial score (nSPS) is 46.7. The van der Waals surface area contributed by atoms with Gasteiger partial charge in [-0.05, 0) is 61.7 Å². The zero-order valence-electron chi connectivity index (χ0n) is 16.1. The van der Waals surface area contributed by atoms with E-state index in [1.54, 1.807) is 0 Å². The molecule has 4 rings (SSSR count). The lowest BCUT2D eigenvalue weighted by atomic mass is 9.45. The minimum absolute atomic E-state index is 0.0554. The standard InChI is InChI=1S/C21H32N2O3/c1-20-7-5-13(23-26-10-9-22)11-17(20)18(24)12-14-15-3-4-19(25)21(15,2)8-6-16(14)20/h14-17H,3-12,22H2,1-2H3. The smallest absolute Gasteiger partial charge is 0.139 e. The maximum Gasteiger partial charge on any atom is 0.139 e. The number of carbonyl (C=O) groups is 2. The van der Waals surface area contributed by atoms with Crippen molar-refractivity contribution in [3.8, 4) is 0 Å². The Hall–Kier alpha value is -1.23. The van der Waals surface area contributed by atoms with Crippen LogP contribution in [-0.2, 0) is 14.4 Å². The Balaban J connectivity index is 1.57. The summed E-state index contributed by atoms with van der Waals surface area (Å²) in [6, 6.07) is 0. The molecule has 0 saturated heterocycles. The van der Waals surface area contributed by atoms with Crippen LogP contribution in [0.1, 0.15) is 65.2 Å². The number of fused-ring (bicyclic) bond motifs is 5. The molecule has 2 N–H and O–H groups in total. The summed E-state index contributed by atoms with van der Waals surface area (Å²) in [5.74, 6) is 2.29. The Kier molecular flexibility index (Phi) is 4.49. The highest BCUT2D eigenvalue weighted by Gasteiger charge is 2.62. The number of carbonyl (C=O) groups excluding carboxylic acids is 2. The van der Waals surface area contributed by atoms with Gasteiger partial charge < -0.3 is 10.6 Å². The van der Waals surface area contributed by atoms with E-state index in [0.29, 0.717) is 55.3 Å². The Morgan fingerprint density at radius 1 is 1.12 bits per heavy atom. The first-order valence-electron chi connectivity index (χ1n) is 10.3. The first-order chi connectivity index (χ1) is 12.4. The van der Waals surface area contributed by atoms with Crippen LogP contribution >= 0.6 is 0 Å². The molecule has 4 aliphatic rings. The van der Waals surface area contributed by atoms with Gasteiger partial charge in [0.25, 0.3) is 0 Å². The summed E-state index contributed by atoms with van der Waals surface area (Å²) in [6.07, 6.45) is 7.13. The van der Waals surface area contributed by atoms with Crippen molar-refractivity contribution in [2.45, 2.75) is 65.2 Å². The van der Waals surface area contributed by atoms with E-state index in [2.05, 4.69) is 19.0 Å². The average Bonchev–Trinajstić information content (AvgIpc) is 2.92. The second-order valence-electron chi connectivity index (χ2n) is 9.51. The molecule has 0 aliphatic heterocycles. The molecule has 6 atom stereocenters. The van der Waals surface area contributed by atoms with Crippen LogP contribution in [0, 0.1) is 34.5 Å². The Morgan fingerprint density at radius 3 is 2.69 bits per heavy atom. The molecule has 0 aromatic heterocycles. The fourth-order valence-corrected chi connectivity index (χ4v) is 6.89. The lowest BCUT2D eigenvalue weighted by molar-refractivity contribution is -0.152. The summed E-state index contributed by atoms with van der Waals surface area (Å²) in [5.41, 5.74) is 6.37. The molecule has 144 valence electrons. The van der Waals surface area contributed by atoms with Crippen molar-refractivity contribution in [1.29, 1.82) is 0 Å². The number of nitrogens with zero attached hydrogens (tertiary/aromatic N) is 1. The summed E-state index contributed by atoms with van der Waals surface area (Å²) < 4.78 is 0. The van der Waals surface area contributed by atoms with E-state index in [4.69, 9.17) is 10.6 Å². The van der Waals surface area contributed by atoms with Crippen molar-refractivity contribution in [3.05, 3.63) is 0 Å². The number of ketones is 2. The lowest BCUT2D eigenvalue weighted by Gasteiger charge is -2.58. The minimum atomic E-state index is -0.165. The van der Waals surface area contributed by atoms with Crippen LogP contribution in [-0.4, -0.2) is 30.4 Å². The molecule has 0 spiro atoms. The third-order valence-electron chi connectivity index (χ3n) is 8.41. The molecule has 4 saturated carbocycles. The quantitative estimate of drug-likeness (QED) is 0.619. The highest BCUT2D eigenvalue weighted by atomic mass is 16.6. The molecular formula is C21H32N2O3. The molecule has 0 bridgehead atoms.